The molecule has 33 heavy (non-hydrogen) atoms. The van der Waals surface area contributed by atoms with Crippen molar-refractivity contribution in [2.24, 2.45) is 5.73 Å². The minimum absolute atomic E-state index is 0.0947. The van der Waals surface area contributed by atoms with Crippen LogP contribution in [0.2, 0.25) is 0 Å². The summed E-state index contributed by atoms with van der Waals surface area (Å²) in [5.74, 6) is -0.888. The molecule has 2 heterocycles. The molecule has 0 saturated carbocycles. The van der Waals surface area contributed by atoms with E-state index in [4.69, 9.17) is 15.2 Å². The number of anilines is 1. The van der Waals surface area contributed by atoms with Gasteiger partial charge in [-0.05, 0) is 54.7 Å². The van der Waals surface area contributed by atoms with Gasteiger partial charge in [-0.3, -0.25) is 10.3 Å². The van der Waals surface area contributed by atoms with E-state index < -0.39 is 17.7 Å². The van der Waals surface area contributed by atoms with Crippen LogP contribution in [0.1, 0.15) is 5.69 Å². The highest BCUT2D eigenvalue weighted by molar-refractivity contribution is 5.86. The molecule has 0 aliphatic heterocycles. The number of amides is 1. The van der Waals surface area contributed by atoms with Crippen LogP contribution in [0.5, 0.6) is 17.2 Å². The lowest BCUT2D eigenvalue weighted by molar-refractivity contribution is 0.215. The van der Waals surface area contributed by atoms with Gasteiger partial charge in [-0.25, -0.2) is 18.6 Å². The van der Waals surface area contributed by atoms with Gasteiger partial charge in [0.15, 0.2) is 17.3 Å². The minimum atomic E-state index is -0.860. The second kappa shape index (κ2) is 9.60. The maximum absolute atomic E-state index is 14.7. The Morgan fingerprint density at radius 2 is 1.88 bits per heavy atom. The normalized spacial score (nSPS) is 10.8. The number of pyridine rings is 1. The van der Waals surface area contributed by atoms with Crippen LogP contribution in [-0.4, -0.2) is 21.0 Å². The zero-order valence-corrected chi connectivity index (χ0v) is 17.0. The van der Waals surface area contributed by atoms with Crippen LogP contribution >= 0.6 is 0 Å². The van der Waals surface area contributed by atoms with E-state index in [9.17, 15) is 13.6 Å². The Hall–Kier alpha value is -4.73. The topological polar surface area (TPSA) is 115 Å². The molecule has 2 aromatic carbocycles. The number of nitrogens with one attached hydrogen (secondary N) is 2. The molecule has 0 aliphatic rings. The number of carbonyl (C=O) groups excluding carboxylic acids is 1. The number of imidazole rings is 1. The van der Waals surface area contributed by atoms with Crippen molar-refractivity contribution < 1.29 is 23.0 Å². The van der Waals surface area contributed by atoms with E-state index in [1.165, 1.54) is 42.9 Å². The average Bonchev–Trinajstić information content (AvgIpc) is 3.33. The highest BCUT2D eigenvalue weighted by Gasteiger charge is 2.13. The molecule has 8 nitrogen and oxygen atoms in total. The summed E-state index contributed by atoms with van der Waals surface area (Å²) in [4.78, 5) is 23.2. The summed E-state index contributed by atoms with van der Waals surface area (Å²) < 4.78 is 38.4. The molecular weight excluding hydrogens is 432 g/mol. The van der Waals surface area contributed by atoms with Crippen molar-refractivity contribution in [1.82, 2.24) is 15.0 Å². The van der Waals surface area contributed by atoms with Crippen molar-refractivity contribution in [2.45, 2.75) is 0 Å². The smallest absolute Gasteiger partial charge is 0.417 e. The van der Waals surface area contributed by atoms with Gasteiger partial charge in [-0.1, -0.05) is 0 Å². The molecule has 1 amide bonds. The van der Waals surface area contributed by atoms with E-state index in [-0.39, 0.29) is 22.9 Å². The van der Waals surface area contributed by atoms with Gasteiger partial charge in [0.2, 0.25) is 0 Å². The van der Waals surface area contributed by atoms with Crippen LogP contribution < -0.4 is 20.5 Å². The molecule has 0 aliphatic carbocycles. The number of carbonyl (C=O) groups is 1. The summed E-state index contributed by atoms with van der Waals surface area (Å²) in [5.41, 5.74) is 7.39. The molecule has 0 saturated heterocycles. The predicted octanol–water partition coefficient (Wildman–Crippen LogP) is 5.08. The number of hydrogen-bond donors (Lipinski definition) is 3. The maximum Gasteiger partial charge on any atom is 0.417 e. The van der Waals surface area contributed by atoms with E-state index in [1.54, 1.807) is 18.5 Å². The minimum Gasteiger partial charge on any atom is -0.452 e. The zero-order valence-electron chi connectivity index (χ0n) is 17.0. The lowest BCUT2D eigenvalue weighted by atomic mass is 10.2. The van der Waals surface area contributed by atoms with Crippen LogP contribution in [0.25, 0.3) is 17.3 Å². The van der Waals surface area contributed by atoms with E-state index in [0.717, 1.165) is 18.2 Å². The number of hydrogen-bond acceptors (Lipinski definition) is 6. The standard InChI is InChI=1S/C23H17F2N5O3/c24-15-1-4-17(5-2-15)32-23(31)30-16-3-6-21(18(25)10-16)33-22-9-14(20-12-27-13-29-20)11-28-19(22)7-8-26/h1-13H,26H2,(H,27,29)(H,30,31). The van der Waals surface area contributed by atoms with Gasteiger partial charge in [0.05, 0.1) is 18.2 Å². The van der Waals surface area contributed by atoms with Crippen molar-refractivity contribution in [3.05, 3.63) is 90.8 Å². The molecule has 0 atom stereocenters. The highest BCUT2D eigenvalue weighted by atomic mass is 19.1. The number of nitrogens with two attached hydrogens (primary N) is 1. The van der Waals surface area contributed by atoms with Gasteiger partial charge in [0, 0.05) is 23.5 Å². The van der Waals surface area contributed by atoms with Crippen LogP contribution in [0, 0.1) is 11.6 Å². The maximum atomic E-state index is 14.7. The monoisotopic (exact) mass is 449 g/mol. The summed E-state index contributed by atoms with van der Waals surface area (Å²) in [6.07, 6.45) is 6.70. The molecule has 0 bridgehead atoms. The lowest BCUT2D eigenvalue weighted by Crippen LogP contribution is -2.16. The van der Waals surface area contributed by atoms with Crippen LogP contribution in [0.3, 0.4) is 0 Å². The Bertz CT molecular complexity index is 1290. The van der Waals surface area contributed by atoms with Crippen molar-refractivity contribution in [1.29, 1.82) is 0 Å². The Labute approximate surface area is 186 Å². The van der Waals surface area contributed by atoms with Gasteiger partial charge in [-0.2, -0.15) is 0 Å². The SMILES string of the molecule is NC=Cc1ncc(-c2cnc[nH]2)cc1Oc1ccc(NC(=O)Oc2ccc(F)cc2)cc1F. The summed E-state index contributed by atoms with van der Waals surface area (Å²) >= 11 is 0. The number of rotatable bonds is 6. The number of ether oxygens (including phenoxy) is 2. The van der Waals surface area contributed by atoms with Gasteiger partial charge in [0.25, 0.3) is 0 Å². The number of nitrogens with zero attached hydrogens (tertiary/aromatic N) is 2. The van der Waals surface area contributed by atoms with Crippen molar-refractivity contribution in [3.63, 3.8) is 0 Å². The number of halogens is 2. The first-order valence-corrected chi connectivity index (χ1v) is 9.60. The van der Waals surface area contributed by atoms with E-state index in [2.05, 4.69) is 20.3 Å². The first-order valence-electron chi connectivity index (χ1n) is 9.60. The van der Waals surface area contributed by atoms with E-state index >= 15 is 0 Å². The van der Waals surface area contributed by atoms with Crippen LogP contribution in [0.4, 0.5) is 19.3 Å². The number of benzene rings is 2. The molecule has 4 rings (SSSR count). The summed E-state index contributed by atoms with van der Waals surface area (Å²) in [5, 5.41) is 2.39. The fraction of sp³-hybridized carbons (Fsp3) is 0. The predicted molar refractivity (Wildman–Crippen MR) is 118 cm³/mol. The number of aromatic nitrogens is 3. The summed E-state index contributed by atoms with van der Waals surface area (Å²) in [6.45, 7) is 0. The Kier molecular flexibility index (Phi) is 6.26. The molecule has 2 aromatic heterocycles. The van der Waals surface area contributed by atoms with Gasteiger partial charge in [0.1, 0.15) is 17.3 Å². The lowest BCUT2D eigenvalue weighted by Gasteiger charge is -2.12. The first kappa shape index (κ1) is 21.5. The highest BCUT2D eigenvalue weighted by Crippen LogP contribution is 2.31. The average molecular weight is 449 g/mol. The Balaban J connectivity index is 1.50. The molecule has 4 N–H and O–H groups in total. The van der Waals surface area contributed by atoms with Crippen LogP contribution in [-0.2, 0) is 0 Å². The molecular formula is C23H17F2N5O3. The Morgan fingerprint density at radius 1 is 1.06 bits per heavy atom. The second-order valence-corrected chi connectivity index (χ2v) is 6.65. The fourth-order valence-corrected chi connectivity index (χ4v) is 2.85. The van der Waals surface area contributed by atoms with Gasteiger partial charge >= 0.3 is 6.09 Å². The molecule has 0 radical (unpaired) electrons. The summed E-state index contributed by atoms with van der Waals surface area (Å²) in [6, 6.07) is 10.4. The first-order chi connectivity index (χ1) is 16.0. The summed E-state index contributed by atoms with van der Waals surface area (Å²) in [7, 11) is 0. The molecule has 0 fully saturated rings. The molecule has 4 aromatic rings. The Morgan fingerprint density at radius 3 is 2.58 bits per heavy atom. The third kappa shape index (κ3) is 5.31. The van der Waals surface area contributed by atoms with Crippen molar-refractivity contribution in [3.8, 4) is 28.5 Å². The zero-order chi connectivity index (χ0) is 23.2. The molecule has 0 unspecified atom stereocenters. The number of aromatic amines is 1. The van der Waals surface area contributed by atoms with E-state index in [0.29, 0.717) is 17.0 Å². The van der Waals surface area contributed by atoms with Gasteiger partial charge < -0.3 is 20.2 Å². The second-order valence-electron chi connectivity index (χ2n) is 6.65. The largest absolute Gasteiger partial charge is 0.452 e. The molecule has 0 spiro atoms. The van der Waals surface area contributed by atoms with Crippen LogP contribution in [0.15, 0.2) is 73.5 Å². The number of H-pyrrole nitrogens is 1. The third-order valence-electron chi connectivity index (χ3n) is 4.37. The molecule has 166 valence electrons. The van der Waals surface area contributed by atoms with E-state index in [1.807, 2.05) is 0 Å². The van der Waals surface area contributed by atoms with Crippen molar-refractivity contribution >= 4 is 17.9 Å². The van der Waals surface area contributed by atoms with Crippen molar-refractivity contribution in [2.75, 3.05) is 5.32 Å². The fourth-order valence-electron chi connectivity index (χ4n) is 2.85. The quantitative estimate of drug-likeness (QED) is 0.378. The third-order valence-corrected chi connectivity index (χ3v) is 4.37. The van der Waals surface area contributed by atoms with Gasteiger partial charge in [-0.15, -0.1) is 0 Å². The molecule has 10 heteroatoms.